The highest BCUT2D eigenvalue weighted by molar-refractivity contribution is 5.39. The molecule has 0 amide bonds. The molecule has 1 aliphatic rings. The van der Waals surface area contributed by atoms with Gasteiger partial charge in [0.05, 0.1) is 12.7 Å². The van der Waals surface area contributed by atoms with Crippen molar-refractivity contribution in [2.24, 2.45) is 0 Å². The largest absolute Gasteiger partial charge is 0.496 e. The number of ether oxygens (including phenoxy) is 1. The predicted molar refractivity (Wildman–Crippen MR) is 75.8 cm³/mol. The lowest BCUT2D eigenvalue weighted by atomic mass is 9.67. The van der Waals surface area contributed by atoms with Crippen LogP contribution < -0.4 is 4.74 Å². The van der Waals surface area contributed by atoms with Crippen molar-refractivity contribution in [1.82, 2.24) is 0 Å². The summed E-state index contributed by atoms with van der Waals surface area (Å²) in [5.74, 6) is -36.1. The molecule has 0 aromatic heterocycles. The van der Waals surface area contributed by atoms with Crippen LogP contribution in [0.25, 0.3) is 0 Å². The standard InChI is InChI=1S/C16H13F11O2/c1-10(28,8-5-3-4-6-9(8)29-2)7-11(17)12(18,19)14(22,23)16(26,27)15(24,25)13(11,20)21/h3-6,28H,7H2,1-2H3. The Hall–Kier alpha value is -1.79. The van der Waals surface area contributed by atoms with Gasteiger partial charge in [-0.25, -0.2) is 4.39 Å². The van der Waals surface area contributed by atoms with Gasteiger partial charge in [0.15, 0.2) is 0 Å². The zero-order valence-electron chi connectivity index (χ0n) is 14.5. The van der Waals surface area contributed by atoms with Gasteiger partial charge in [0.25, 0.3) is 5.67 Å². The summed E-state index contributed by atoms with van der Waals surface area (Å²) in [4.78, 5) is 0. The van der Waals surface area contributed by atoms with Crippen molar-refractivity contribution in [3.05, 3.63) is 29.8 Å². The van der Waals surface area contributed by atoms with Crippen LogP contribution >= 0.6 is 0 Å². The molecular formula is C16H13F11O2. The van der Waals surface area contributed by atoms with Crippen LogP contribution in [0.2, 0.25) is 0 Å². The first-order chi connectivity index (χ1) is 12.8. The Morgan fingerprint density at radius 1 is 0.759 bits per heavy atom. The molecule has 2 rings (SSSR count). The number of benzene rings is 1. The second kappa shape index (κ2) is 6.11. The van der Waals surface area contributed by atoms with Gasteiger partial charge in [-0.15, -0.1) is 0 Å². The highest BCUT2D eigenvalue weighted by Crippen LogP contribution is 2.71. The minimum Gasteiger partial charge on any atom is -0.496 e. The molecule has 1 aromatic rings. The average Bonchev–Trinajstić information content (AvgIpc) is 2.59. The molecule has 1 aliphatic carbocycles. The molecule has 2 nitrogen and oxygen atoms in total. The quantitative estimate of drug-likeness (QED) is 0.646. The zero-order valence-corrected chi connectivity index (χ0v) is 14.5. The molecule has 1 atom stereocenters. The van der Waals surface area contributed by atoms with Gasteiger partial charge >= 0.3 is 29.6 Å². The Balaban J connectivity index is 2.74. The third-order valence-electron chi connectivity index (χ3n) is 4.85. The summed E-state index contributed by atoms with van der Waals surface area (Å²) in [6.45, 7) is 0.376. The molecule has 1 unspecified atom stereocenters. The van der Waals surface area contributed by atoms with E-state index in [4.69, 9.17) is 4.74 Å². The SMILES string of the molecule is COc1ccccc1C(C)(O)CC1(F)C(F)(F)C(F)(F)C(F)(F)C(F)(F)C1(F)F. The van der Waals surface area contributed by atoms with E-state index in [2.05, 4.69) is 0 Å². The molecule has 166 valence electrons. The minimum absolute atomic E-state index is 0.376. The normalized spacial score (nSPS) is 27.7. The molecule has 0 bridgehead atoms. The van der Waals surface area contributed by atoms with Crippen LogP contribution in [0.4, 0.5) is 48.3 Å². The van der Waals surface area contributed by atoms with Crippen LogP contribution in [0.3, 0.4) is 0 Å². The van der Waals surface area contributed by atoms with Gasteiger partial charge in [-0.05, 0) is 13.0 Å². The molecule has 0 saturated heterocycles. The second-order valence-corrected chi connectivity index (χ2v) is 6.82. The molecule has 0 radical (unpaired) electrons. The number of aliphatic hydroxyl groups is 1. The summed E-state index contributed by atoms with van der Waals surface area (Å²) >= 11 is 0. The maximum atomic E-state index is 14.9. The van der Waals surface area contributed by atoms with Crippen molar-refractivity contribution in [2.45, 2.75) is 54.2 Å². The lowest BCUT2D eigenvalue weighted by molar-refractivity contribution is -0.488. The fourth-order valence-electron chi connectivity index (χ4n) is 3.17. The van der Waals surface area contributed by atoms with E-state index in [9.17, 15) is 53.4 Å². The number of para-hydroxylation sites is 1. The molecule has 1 N–H and O–H groups in total. The Morgan fingerprint density at radius 2 is 1.14 bits per heavy atom. The number of hydrogen-bond acceptors (Lipinski definition) is 2. The zero-order chi connectivity index (χ0) is 22.9. The Labute approximate surface area is 156 Å². The topological polar surface area (TPSA) is 29.5 Å². The predicted octanol–water partition coefficient (Wildman–Crippen LogP) is 5.19. The molecule has 1 fully saturated rings. The molecular weight excluding hydrogens is 433 g/mol. The van der Waals surface area contributed by atoms with E-state index >= 15 is 0 Å². The highest BCUT2D eigenvalue weighted by atomic mass is 19.4. The second-order valence-electron chi connectivity index (χ2n) is 6.82. The molecule has 1 saturated carbocycles. The van der Waals surface area contributed by atoms with E-state index in [0.29, 0.717) is 6.92 Å². The first kappa shape index (κ1) is 23.5. The van der Waals surface area contributed by atoms with Gasteiger partial charge in [0.1, 0.15) is 5.75 Å². The number of methoxy groups -OCH3 is 1. The summed E-state index contributed by atoms with van der Waals surface area (Å²) in [6.07, 6.45) is -2.79. The lowest BCUT2D eigenvalue weighted by Crippen LogP contribution is -2.84. The highest BCUT2D eigenvalue weighted by Gasteiger charge is 3.01. The van der Waals surface area contributed by atoms with Crippen LogP contribution in [-0.4, -0.2) is 47.5 Å². The van der Waals surface area contributed by atoms with Gasteiger partial charge < -0.3 is 9.84 Å². The summed E-state index contributed by atoms with van der Waals surface area (Å²) < 4.78 is 156. The van der Waals surface area contributed by atoms with Crippen LogP contribution in [0.15, 0.2) is 24.3 Å². The van der Waals surface area contributed by atoms with Gasteiger partial charge in [0.2, 0.25) is 0 Å². The van der Waals surface area contributed by atoms with Gasteiger partial charge in [-0.2, -0.15) is 43.9 Å². The summed E-state index contributed by atoms with van der Waals surface area (Å²) in [7, 11) is 0.951. The lowest BCUT2D eigenvalue weighted by Gasteiger charge is -2.53. The number of alkyl halides is 11. The van der Waals surface area contributed by atoms with Crippen molar-refractivity contribution < 1.29 is 58.1 Å². The monoisotopic (exact) mass is 446 g/mol. The summed E-state index contributed by atoms with van der Waals surface area (Å²) in [5.41, 5.74) is -10.2. The van der Waals surface area contributed by atoms with E-state index in [0.717, 1.165) is 25.3 Å². The van der Waals surface area contributed by atoms with E-state index in [-0.39, 0.29) is 0 Å². The molecule has 0 spiro atoms. The Morgan fingerprint density at radius 3 is 1.55 bits per heavy atom. The minimum atomic E-state index is -7.29. The molecule has 1 aromatic carbocycles. The van der Waals surface area contributed by atoms with Crippen LogP contribution in [0.5, 0.6) is 5.75 Å². The average molecular weight is 446 g/mol. The van der Waals surface area contributed by atoms with Crippen LogP contribution in [-0.2, 0) is 5.60 Å². The number of rotatable bonds is 4. The van der Waals surface area contributed by atoms with Crippen molar-refractivity contribution >= 4 is 0 Å². The van der Waals surface area contributed by atoms with E-state index in [1.807, 2.05) is 0 Å². The van der Waals surface area contributed by atoms with E-state index in [1.54, 1.807) is 0 Å². The van der Waals surface area contributed by atoms with Gasteiger partial charge in [-0.3, -0.25) is 0 Å². The summed E-state index contributed by atoms with van der Waals surface area (Å²) in [5, 5.41) is 10.3. The molecule has 29 heavy (non-hydrogen) atoms. The maximum Gasteiger partial charge on any atom is 0.384 e. The van der Waals surface area contributed by atoms with Gasteiger partial charge in [0, 0.05) is 12.0 Å². The fraction of sp³-hybridized carbons (Fsp3) is 0.625. The third kappa shape index (κ3) is 2.58. The van der Waals surface area contributed by atoms with E-state index < -0.39 is 58.6 Å². The summed E-state index contributed by atoms with van der Waals surface area (Å²) in [6, 6.07) is 4.16. The van der Waals surface area contributed by atoms with E-state index in [1.165, 1.54) is 6.07 Å². The van der Waals surface area contributed by atoms with Crippen LogP contribution in [0.1, 0.15) is 18.9 Å². The Bertz CT molecular complexity index is 759. The molecule has 13 heteroatoms. The van der Waals surface area contributed by atoms with Crippen LogP contribution in [0, 0.1) is 0 Å². The fourth-order valence-corrected chi connectivity index (χ4v) is 3.17. The number of hydrogen-bond donors (Lipinski definition) is 1. The number of halogens is 11. The van der Waals surface area contributed by atoms with Gasteiger partial charge in [-0.1, -0.05) is 18.2 Å². The smallest absolute Gasteiger partial charge is 0.384 e. The maximum absolute atomic E-state index is 14.9. The Kier molecular flexibility index (Phi) is 4.95. The molecule has 0 heterocycles. The van der Waals surface area contributed by atoms with Crippen molar-refractivity contribution in [3.63, 3.8) is 0 Å². The molecule has 0 aliphatic heterocycles. The first-order valence-corrected chi connectivity index (χ1v) is 7.70. The van der Waals surface area contributed by atoms with Crippen molar-refractivity contribution in [1.29, 1.82) is 0 Å². The third-order valence-corrected chi connectivity index (χ3v) is 4.85. The van der Waals surface area contributed by atoms with Crippen molar-refractivity contribution in [3.8, 4) is 5.75 Å². The first-order valence-electron chi connectivity index (χ1n) is 7.70. The van der Waals surface area contributed by atoms with Crippen molar-refractivity contribution in [2.75, 3.05) is 7.11 Å².